The average Bonchev–Trinajstić information content (AvgIpc) is 3.74. The molecule has 16 nitrogen and oxygen atoms in total. The van der Waals surface area contributed by atoms with E-state index < -0.39 is 5.97 Å². The maximum Gasteiger partial charge on any atom is 1.00 e. The molecular formula is C42H74Br3KNNaO15S4. The number of hydrogen-bond donors (Lipinski definition) is 2. The van der Waals surface area contributed by atoms with Crippen LogP contribution in [-0.4, -0.2) is 141 Å². The molecule has 0 aromatic rings. The molecule has 3 N–H and O–H groups in total. The Balaban J connectivity index is -0.000000163. The fourth-order valence-corrected chi connectivity index (χ4v) is 9.71. The average molecular weight is 1260 g/mol. The number of thioether (sulfide) groups is 3. The number of unbranched alkanes of at least 4 members (excludes halogenated alkanes) is 2. The Morgan fingerprint density at radius 1 is 0.761 bits per heavy atom. The van der Waals surface area contributed by atoms with E-state index in [2.05, 4.69) is 74.6 Å². The van der Waals surface area contributed by atoms with E-state index in [9.17, 15) is 33.6 Å². The van der Waals surface area contributed by atoms with Gasteiger partial charge in [-0.2, -0.15) is 0 Å². The summed E-state index contributed by atoms with van der Waals surface area (Å²) in [6.45, 7) is 4.32. The van der Waals surface area contributed by atoms with Gasteiger partial charge in [-0.3, -0.25) is 28.8 Å². The molecule has 384 valence electrons. The molecule has 4 saturated heterocycles. The van der Waals surface area contributed by atoms with Crippen molar-refractivity contribution in [2.75, 3.05) is 63.8 Å². The van der Waals surface area contributed by atoms with Crippen molar-refractivity contribution in [3.8, 4) is 0 Å². The maximum atomic E-state index is 11.2. The summed E-state index contributed by atoms with van der Waals surface area (Å²) in [5.74, 6) is 5.68. The molecule has 4 aliphatic heterocycles. The Morgan fingerprint density at radius 3 is 1.66 bits per heavy atom. The molecule has 0 spiro atoms. The van der Waals surface area contributed by atoms with Crippen LogP contribution in [0.3, 0.4) is 0 Å². The van der Waals surface area contributed by atoms with E-state index in [1.165, 1.54) is 54.4 Å². The fraction of sp³-hybridized carbons (Fsp3) is 0.833. The first-order valence-electron chi connectivity index (χ1n) is 21.4. The smallest absolute Gasteiger partial charge is 0.742 e. The minimum Gasteiger partial charge on any atom is -0.742 e. The summed E-state index contributed by atoms with van der Waals surface area (Å²) in [7, 11) is 5.88. The number of alkyl halides is 3. The zero-order valence-corrected chi connectivity index (χ0v) is 54.0. The number of esters is 4. The molecule has 0 bridgehead atoms. The van der Waals surface area contributed by atoms with Crippen molar-refractivity contribution in [2.45, 2.75) is 156 Å². The molecule has 67 heavy (non-hydrogen) atoms. The SMILES string of the molecule is CC(=O)[S-].COC(=O)C(Br)CCCCBr.COC(=O)C(CCCCBr)SC(C)=O.COC(=O)C1CCCCS1.COC1CCCO1.O=C(O)C1CCCCS1.O=C1CCCCCO1.[K+].[NH-]O.[Na+]. The number of rotatable bonds is 14. The van der Waals surface area contributed by atoms with Crippen molar-refractivity contribution in [3.05, 3.63) is 5.90 Å². The summed E-state index contributed by atoms with van der Waals surface area (Å²) in [4.78, 5) is 73.8. The van der Waals surface area contributed by atoms with Gasteiger partial charge in [0.1, 0.15) is 20.6 Å². The van der Waals surface area contributed by atoms with Gasteiger partial charge >= 0.3 is 111 Å². The molecule has 4 aliphatic rings. The molecule has 4 rings (SSSR count). The van der Waals surface area contributed by atoms with Crippen molar-refractivity contribution >= 4 is 136 Å². The standard InChI is InChI=1S/C9H15BrO3S.C7H12Br2O2.C7H12O2S.C6H10O2S.C6H10O2.C5H10O2.C2H4OS.K.H2NO.Na/c1-7(11)14-8(9(12)13-2)5-3-4-6-10;1-11-7(10)6(9)4-2-3-5-8;1-9-7(8)6-4-2-3-5-10-6;7-6(8)5-3-1-2-4-9-5;7-6-4-2-1-3-5-8-6;1-6-5-3-2-4-7-5;1-2(3)4;;1-2;/h8H,3-6H2,1-2H3;6H,2-5H2,1H3;6H,2-5H2,1H3;5H,1-4H2,(H,7,8);1-5H2;5H,2-4H2,1H3;1H3,(H,3,4);;1-2H;/q;;;;;;;+1;-1;+1/p-1. The second-order valence-electron chi connectivity index (χ2n) is 13.8. The molecule has 0 aromatic carbocycles. The van der Waals surface area contributed by atoms with Crippen molar-refractivity contribution in [2.24, 2.45) is 0 Å². The van der Waals surface area contributed by atoms with Crippen molar-refractivity contribution in [1.82, 2.24) is 0 Å². The van der Waals surface area contributed by atoms with E-state index in [1.807, 2.05) is 0 Å². The van der Waals surface area contributed by atoms with Crippen molar-refractivity contribution in [3.63, 3.8) is 0 Å². The van der Waals surface area contributed by atoms with E-state index in [0.29, 0.717) is 19.4 Å². The number of methoxy groups -OCH3 is 4. The predicted octanol–water partition coefficient (Wildman–Crippen LogP) is 4.05. The zero-order valence-electron chi connectivity index (χ0n) is 40.8. The molecule has 4 heterocycles. The number of carboxylic acids is 1. The summed E-state index contributed by atoms with van der Waals surface area (Å²) >= 11 is 18.2. The van der Waals surface area contributed by atoms with E-state index in [-0.39, 0.29) is 142 Å². The topological polar surface area (TPSA) is 239 Å². The third-order valence-corrected chi connectivity index (χ3v) is 14.2. The van der Waals surface area contributed by atoms with Crippen molar-refractivity contribution in [1.29, 1.82) is 0 Å². The van der Waals surface area contributed by atoms with Crippen LogP contribution in [0.2, 0.25) is 0 Å². The second kappa shape index (κ2) is 60.4. The van der Waals surface area contributed by atoms with Crippen molar-refractivity contribution < 1.29 is 153 Å². The predicted molar refractivity (Wildman–Crippen MR) is 274 cm³/mol. The summed E-state index contributed by atoms with van der Waals surface area (Å²) in [5.41, 5.74) is 0. The van der Waals surface area contributed by atoms with Gasteiger partial charge in [0.05, 0.1) is 27.9 Å². The second-order valence-corrected chi connectivity index (χ2v) is 21.0. The van der Waals surface area contributed by atoms with Gasteiger partial charge in [0.2, 0.25) is 0 Å². The van der Waals surface area contributed by atoms with Gasteiger partial charge in [0.15, 0.2) is 11.4 Å². The molecule has 0 aromatic heterocycles. The Hall–Kier alpha value is 1.88. The molecule has 0 amide bonds. The minimum atomic E-state index is -0.639. The zero-order chi connectivity index (χ0) is 50.3. The molecular weight excluding hydrogens is 1190 g/mol. The first-order chi connectivity index (χ1) is 31.0. The normalized spacial score (nSPS) is 18.6. The van der Waals surface area contributed by atoms with Crippen LogP contribution in [0.15, 0.2) is 0 Å². The molecule has 0 aliphatic carbocycles. The Kier molecular flexibility index (Phi) is 72.4. The number of hydrogen-bond acceptors (Lipinski definition) is 18. The quantitative estimate of drug-likeness (QED) is 0.0474. The maximum absolute atomic E-state index is 11.2. The van der Waals surface area contributed by atoms with Crippen LogP contribution in [0.25, 0.3) is 5.90 Å². The van der Waals surface area contributed by atoms with Gasteiger partial charge in [-0.05, 0) is 95.5 Å². The third kappa shape index (κ3) is 57.0. The van der Waals surface area contributed by atoms with Gasteiger partial charge in [-0.25, -0.2) is 0 Å². The van der Waals surface area contributed by atoms with Gasteiger partial charge < -0.3 is 62.1 Å². The molecule has 0 saturated carbocycles. The number of halogens is 3. The van der Waals surface area contributed by atoms with Gasteiger partial charge in [-0.15, -0.1) is 23.5 Å². The summed E-state index contributed by atoms with van der Waals surface area (Å²) in [6.07, 6.45) is 18.3. The van der Waals surface area contributed by atoms with Gasteiger partial charge in [0, 0.05) is 49.3 Å². The van der Waals surface area contributed by atoms with Crippen LogP contribution >= 0.6 is 83.1 Å². The van der Waals surface area contributed by atoms with Gasteiger partial charge in [0.25, 0.3) is 0 Å². The largest absolute Gasteiger partial charge is 1.00 e. The molecule has 5 unspecified atom stereocenters. The van der Waals surface area contributed by atoms with Crippen LogP contribution < -0.4 is 80.9 Å². The van der Waals surface area contributed by atoms with Crippen LogP contribution in [0.1, 0.15) is 129 Å². The number of cyclic esters (lactones) is 1. The number of carbonyl (C=O) groups excluding carboxylic acids is 6. The Morgan fingerprint density at radius 2 is 1.28 bits per heavy atom. The summed E-state index contributed by atoms with van der Waals surface area (Å²) in [5, 5.41) is 16.1. The van der Waals surface area contributed by atoms with E-state index in [0.717, 1.165) is 124 Å². The van der Waals surface area contributed by atoms with E-state index in [4.69, 9.17) is 30.4 Å². The number of aliphatic carboxylic acids is 1. The van der Waals surface area contributed by atoms with Crippen LogP contribution in [-0.2, 0) is 74.6 Å². The third-order valence-electron chi connectivity index (χ3n) is 8.46. The minimum absolute atomic E-state index is 0. The Bertz CT molecular complexity index is 1220. The fourth-order valence-electron chi connectivity index (χ4n) is 5.18. The van der Waals surface area contributed by atoms with Crippen LogP contribution in [0.4, 0.5) is 0 Å². The monoisotopic (exact) mass is 1260 g/mol. The first-order valence-corrected chi connectivity index (χ1v) is 27.9. The molecule has 4 fully saturated rings. The first kappa shape index (κ1) is 80.3. The molecule has 25 heteroatoms. The number of nitrogens with one attached hydrogen (secondary N) is 1. The molecule has 0 radical (unpaired) electrons. The summed E-state index contributed by atoms with van der Waals surface area (Å²) < 4.78 is 28.5. The number of carboxylic acid groups (broad SMARTS) is 1. The Labute approximate surface area is 508 Å². The van der Waals surface area contributed by atoms with Crippen LogP contribution in [0.5, 0.6) is 0 Å². The number of ether oxygens (including phenoxy) is 6. The number of carbonyl (C=O) groups is 7. The molecule has 5 atom stereocenters. The van der Waals surface area contributed by atoms with Gasteiger partial charge in [-0.1, -0.05) is 85.2 Å². The summed E-state index contributed by atoms with van der Waals surface area (Å²) in [6, 6.07) is 0. The van der Waals surface area contributed by atoms with E-state index in [1.54, 1.807) is 30.6 Å². The van der Waals surface area contributed by atoms with E-state index >= 15 is 0 Å². The van der Waals surface area contributed by atoms with Crippen LogP contribution in [0, 0.1) is 0 Å².